The van der Waals surface area contributed by atoms with Crippen molar-refractivity contribution in [2.45, 2.75) is 52.6 Å². The first-order chi connectivity index (χ1) is 11.0. The number of hydrogen-bond acceptors (Lipinski definition) is 2. The van der Waals surface area contributed by atoms with Gasteiger partial charge >= 0.3 is 6.09 Å². The number of ether oxygens (including phenoxy) is 1. The van der Waals surface area contributed by atoms with Gasteiger partial charge in [0.1, 0.15) is 6.10 Å². The molecule has 1 aliphatic rings. The first kappa shape index (κ1) is 18.3. The fourth-order valence-corrected chi connectivity index (χ4v) is 3.65. The van der Waals surface area contributed by atoms with E-state index in [4.69, 9.17) is 4.74 Å². The minimum absolute atomic E-state index is 0.0615. The highest BCUT2D eigenvalue weighted by atomic mass is 79.9. The Balaban J connectivity index is 1.77. The summed E-state index contributed by atoms with van der Waals surface area (Å²) in [5.41, 5.74) is 1.21. The first-order valence-corrected chi connectivity index (χ1v) is 9.44. The number of alkyl carbamates (subject to hydrolysis) is 1. The minimum atomic E-state index is -0.271. The summed E-state index contributed by atoms with van der Waals surface area (Å²) in [5.74, 6) is 1.69. The molecule has 1 amide bonds. The zero-order valence-electron chi connectivity index (χ0n) is 14.3. The molecule has 0 bridgehead atoms. The Kier molecular flexibility index (Phi) is 6.94. The Morgan fingerprint density at radius 1 is 1.30 bits per heavy atom. The summed E-state index contributed by atoms with van der Waals surface area (Å²) in [4.78, 5) is 12.1. The molecular weight excluding hydrogens is 354 g/mol. The van der Waals surface area contributed by atoms with Crippen molar-refractivity contribution in [2.24, 2.45) is 17.8 Å². The van der Waals surface area contributed by atoms with Crippen LogP contribution in [0, 0.1) is 17.8 Å². The summed E-state index contributed by atoms with van der Waals surface area (Å²) >= 11 is 3.42. The van der Waals surface area contributed by atoms with Crippen LogP contribution in [0.1, 0.15) is 45.6 Å². The van der Waals surface area contributed by atoms with E-state index in [1.807, 2.05) is 12.1 Å². The summed E-state index contributed by atoms with van der Waals surface area (Å²) in [7, 11) is 0. The van der Waals surface area contributed by atoms with Crippen molar-refractivity contribution in [2.75, 3.05) is 6.54 Å². The van der Waals surface area contributed by atoms with Gasteiger partial charge < -0.3 is 10.1 Å². The molecule has 1 saturated carbocycles. The van der Waals surface area contributed by atoms with Crippen LogP contribution in [-0.4, -0.2) is 18.7 Å². The van der Waals surface area contributed by atoms with Crippen LogP contribution in [0.3, 0.4) is 0 Å². The van der Waals surface area contributed by atoms with Crippen molar-refractivity contribution in [3.63, 3.8) is 0 Å². The van der Waals surface area contributed by atoms with Crippen LogP contribution >= 0.6 is 15.9 Å². The van der Waals surface area contributed by atoms with E-state index in [2.05, 4.69) is 54.2 Å². The summed E-state index contributed by atoms with van der Waals surface area (Å²) in [6.07, 6.45) is 4.00. The Morgan fingerprint density at radius 3 is 2.65 bits per heavy atom. The number of amides is 1. The van der Waals surface area contributed by atoms with Crippen LogP contribution in [0.25, 0.3) is 0 Å². The molecule has 4 heteroatoms. The van der Waals surface area contributed by atoms with Crippen molar-refractivity contribution in [3.8, 4) is 0 Å². The fraction of sp³-hybridized carbons (Fsp3) is 0.632. The van der Waals surface area contributed by atoms with Gasteiger partial charge in [0.2, 0.25) is 0 Å². The third-order valence-corrected chi connectivity index (χ3v) is 5.34. The second-order valence-corrected chi connectivity index (χ2v) is 7.99. The van der Waals surface area contributed by atoms with Crippen molar-refractivity contribution in [1.29, 1.82) is 0 Å². The monoisotopic (exact) mass is 381 g/mol. The van der Waals surface area contributed by atoms with Gasteiger partial charge in [-0.15, -0.1) is 0 Å². The second-order valence-electron chi connectivity index (χ2n) is 7.07. The smallest absolute Gasteiger partial charge is 0.407 e. The van der Waals surface area contributed by atoms with Gasteiger partial charge in [-0.2, -0.15) is 0 Å². The normalized spacial score (nSPS) is 24.5. The van der Waals surface area contributed by atoms with Gasteiger partial charge in [0.15, 0.2) is 0 Å². The van der Waals surface area contributed by atoms with E-state index < -0.39 is 0 Å². The molecule has 2 rings (SSSR count). The molecule has 1 aromatic rings. The molecule has 1 N–H and O–H groups in total. The SMILES string of the molecule is CC1CCC(C(C)C)C(OC(=O)NCCc2ccc(Br)cc2)C1. The highest BCUT2D eigenvalue weighted by molar-refractivity contribution is 9.10. The zero-order chi connectivity index (χ0) is 16.8. The highest BCUT2D eigenvalue weighted by Crippen LogP contribution is 2.35. The Bertz CT molecular complexity index is 501. The van der Waals surface area contributed by atoms with E-state index in [0.29, 0.717) is 24.3 Å². The summed E-state index contributed by atoms with van der Waals surface area (Å²) in [6, 6.07) is 8.16. The fourth-order valence-electron chi connectivity index (χ4n) is 3.39. The molecule has 0 radical (unpaired) electrons. The lowest BCUT2D eigenvalue weighted by molar-refractivity contribution is 0.00631. The van der Waals surface area contributed by atoms with Gasteiger partial charge in [-0.1, -0.05) is 55.3 Å². The van der Waals surface area contributed by atoms with Gasteiger partial charge in [-0.3, -0.25) is 0 Å². The lowest BCUT2D eigenvalue weighted by atomic mass is 9.75. The maximum atomic E-state index is 12.1. The molecule has 1 fully saturated rings. The largest absolute Gasteiger partial charge is 0.446 e. The summed E-state index contributed by atoms with van der Waals surface area (Å²) in [5, 5.41) is 2.89. The van der Waals surface area contributed by atoms with Crippen LogP contribution in [0.5, 0.6) is 0 Å². The Labute approximate surface area is 148 Å². The molecular formula is C19H28BrNO2. The number of carbonyl (C=O) groups excluding carboxylic acids is 1. The molecule has 0 aromatic heterocycles. The maximum Gasteiger partial charge on any atom is 0.407 e. The molecule has 0 saturated heterocycles. The molecule has 3 nitrogen and oxygen atoms in total. The van der Waals surface area contributed by atoms with Gasteiger partial charge in [-0.25, -0.2) is 4.79 Å². The molecule has 0 aliphatic heterocycles. The third kappa shape index (κ3) is 5.83. The molecule has 23 heavy (non-hydrogen) atoms. The van der Waals surface area contributed by atoms with Crippen LogP contribution in [0.4, 0.5) is 4.79 Å². The van der Waals surface area contributed by atoms with Gasteiger partial charge in [-0.05, 0) is 54.7 Å². The number of hydrogen-bond donors (Lipinski definition) is 1. The predicted molar refractivity (Wildman–Crippen MR) is 97.5 cm³/mol. The van der Waals surface area contributed by atoms with Crippen molar-refractivity contribution < 1.29 is 9.53 Å². The van der Waals surface area contributed by atoms with Crippen molar-refractivity contribution in [1.82, 2.24) is 5.32 Å². The van der Waals surface area contributed by atoms with Crippen molar-refractivity contribution >= 4 is 22.0 Å². The van der Waals surface area contributed by atoms with E-state index in [0.717, 1.165) is 23.7 Å². The molecule has 0 heterocycles. The van der Waals surface area contributed by atoms with Crippen LogP contribution in [-0.2, 0) is 11.2 Å². The Morgan fingerprint density at radius 2 is 2.00 bits per heavy atom. The molecule has 3 atom stereocenters. The van der Waals surface area contributed by atoms with Crippen molar-refractivity contribution in [3.05, 3.63) is 34.3 Å². The lowest BCUT2D eigenvalue weighted by Gasteiger charge is -2.36. The van der Waals surface area contributed by atoms with Crippen LogP contribution in [0.15, 0.2) is 28.7 Å². The average Bonchev–Trinajstić information content (AvgIpc) is 2.49. The van der Waals surface area contributed by atoms with E-state index in [1.165, 1.54) is 12.0 Å². The first-order valence-electron chi connectivity index (χ1n) is 8.64. The maximum absolute atomic E-state index is 12.1. The predicted octanol–water partition coefficient (Wildman–Crippen LogP) is 5.18. The standard InChI is InChI=1S/C19H28BrNO2/c1-13(2)17-9-4-14(3)12-18(17)23-19(22)21-11-10-15-5-7-16(20)8-6-15/h5-8,13-14,17-18H,4,9-12H2,1-3H3,(H,21,22). The van der Waals surface area contributed by atoms with Gasteiger partial charge in [0, 0.05) is 11.0 Å². The summed E-state index contributed by atoms with van der Waals surface area (Å²) in [6.45, 7) is 7.30. The Hall–Kier alpha value is -1.03. The second kappa shape index (κ2) is 8.72. The summed E-state index contributed by atoms with van der Waals surface area (Å²) < 4.78 is 6.80. The average molecular weight is 382 g/mol. The number of carbonyl (C=O) groups is 1. The highest BCUT2D eigenvalue weighted by Gasteiger charge is 2.33. The third-order valence-electron chi connectivity index (χ3n) is 4.82. The lowest BCUT2D eigenvalue weighted by Crippen LogP contribution is -2.39. The zero-order valence-corrected chi connectivity index (χ0v) is 15.9. The number of benzene rings is 1. The molecule has 128 valence electrons. The van der Waals surface area contributed by atoms with E-state index in [1.54, 1.807) is 0 Å². The molecule has 1 aliphatic carbocycles. The molecule has 0 spiro atoms. The number of nitrogens with one attached hydrogen (secondary N) is 1. The number of halogens is 1. The number of rotatable bonds is 5. The molecule has 3 unspecified atom stereocenters. The van der Waals surface area contributed by atoms with Gasteiger partial charge in [0.25, 0.3) is 0 Å². The van der Waals surface area contributed by atoms with Crippen LogP contribution < -0.4 is 5.32 Å². The quantitative estimate of drug-likeness (QED) is 0.762. The minimum Gasteiger partial charge on any atom is -0.446 e. The van der Waals surface area contributed by atoms with E-state index in [-0.39, 0.29) is 12.2 Å². The van der Waals surface area contributed by atoms with Crippen LogP contribution in [0.2, 0.25) is 0 Å². The molecule has 1 aromatic carbocycles. The van der Waals surface area contributed by atoms with Gasteiger partial charge in [0.05, 0.1) is 0 Å². The van der Waals surface area contributed by atoms with E-state index in [9.17, 15) is 4.79 Å². The topological polar surface area (TPSA) is 38.3 Å². The van der Waals surface area contributed by atoms with E-state index >= 15 is 0 Å².